The van der Waals surface area contributed by atoms with Gasteiger partial charge in [0, 0.05) is 60.8 Å². The third kappa shape index (κ3) is 6.62. The van der Waals surface area contributed by atoms with Crippen LogP contribution >= 0.6 is 12.6 Å². The first-order valence-electron chi connectivity index (χ1n) is 15.9. The highest BCUT2D eigenvalue weighted by atomic mass is 32.1. The molecule has 0 N–H and O–H groups in total. The van der Waals surface area contributed by atoms with Gasteiger partial charge < -0.3 is 19.4 Å². The van der Waals surface area contributed by atoms with Crippen molar-refractivity contribution in [1.29, 1.82) is 5.26 Å². The molecule has 12 heteroatoms. The Labute approximate surface area is 275 Å². The van der Waals surface area contributed by atoms with E-state index in [1.54, 1.807) is 4.90 Å². The fraction of sp³-hybridized carbons (Fsp3) is 0.500. The molecule has 4 heterocycles. The lowest BCUT2D eigenvalue weighted by molar-refractivity contribution is -0.128. The second kappa shape index (κ2) is 13.4. The first kappa shape index (κ1) is 32.0. The summed E-state index contributed by atoms with van der Waals surface area (Å²) in [5, 5.41) is 11.9. The number of halogens is 1. The number of hydrogen-bond donors (Lipinski definition) is 1. The van der Waals surface area contributed by atoms with Gasteiger partial charge in [0.2, 0.25) is 5.91 Å². The number of anilines is 2. The largest absolute Gasteiger partial charge is 0.461 e. The number of allylic oxidation sites excluding steroid dienone is 1. The highest BCUT2D eigenvalue weighted by Crippen LogP contribution is 2.37. The Bertz CT molecular complexity index is 1670. The zero-order valence-electron chi connectivity index (χ0n) is 26.7. The van der Waals surface area contributed by atoms with E-state index in [1.165, 1.54) is 23.1 Å². The Morgan fingerprint density at radius 3 is 2.83 bits per heavy atom. The van der Waals surface area contributed by atoms with Gasteiger partial charge in [-0.2, -0.15) is 27.9 Å². The van der Waals surface area contributed by atoms with Crippen molar-refractivity contribution < 1.29 is 13.9 Å². The molecule has 1 amide bonds. The number of amides is 1. The van der Waals surface area contributed by atoms with Crippen LogP contribution in [0.25, 0.3) is 10.8 Å². The third-order valence-corrected chi connectivity index (χ3v) is 9.85. The van der Waals surface area contributed by atoms with Crippen LogP contribution in [0, 0.1) is 18.3 Å². The van der Waals surface area contributed by atoms with E-state index in [4.69, 9.17) is 27.3 Å². The van der Waals surface area contributed by atoms with Crippen LogP contribution < -0.4 is 14.5 Å². The number of alkyl halides is 1. The molecule has 1 aromatic carbocycles. The highest BCUT2D eigenvalue weighted by molar-refractivity contribution is 7.81. The van der Waals surface area contributed by atoms with Crippen molar-refractivity contribution in [1.82, 2.24) is 24.8 Å². The zero-order valence-corrected chi connectivity index (χ0v) is 27.6. The van der Waals surface area contributed by atoms with Crippen LogP contribution in [-0.2, 0) is 17.8 Å². The number of likely N-dealkylation sites (N-methyl/N-ethyl adjacent to an activating group) is 1. The fourth-order valence-corrected chi connectivity index (χ4v) is 6.81. The maximum absolute atomic E-state index is 12.8. The second-order valence-corrected chi connectivity index (χ2v) is 13.6. The molecule has 10 nitrogen and oxygen atoms in total. The number of carbonyl (C=O) groups is 1. The average molecular weight is 645 g/mol. The maximum Gasteiger partial charge on any atom is 0.318 e. The predicted molar refractivity (Wildman–Crippen MR) is 180 cm³/mol. The van der Waals surface area contributed by atoms with E-state index in [9.17, 15) is 14.4 Å². The van der Waals surface area contributed by atoms with Gasteiger partial charge in [0.1, 0.15) is 19.1 Å². The minimum absolute atomic E-state index is 0.162. The van der Waals surface area contributed by atoms with Crippen LogP contribution in [0.4, 0.5) is 15.9 Å². The minimum Gasteiger partial charge on any atom is -0.461 e. The normalized spacial score (nSPS) is 19.8. The summed E-state index contributed by atoms with van der Waals surface area (Å²) in [5.74, 6) is 0.492. The number of nitrogens with zero attached hydrogens (tertiary/aromatic N) is 8. The minimum atomic E-state index is -0.711. The summed E-state index contributed by atoms with van der Waals surface area (Å²) in [6, 6.07) is 8.93. The van der Waals surface area contributed by atoms with Gasteiger partial charge in [-0.15, -0.1) is 0 Å². The first-order chi connectivity index (χ1) is 22.2. The number of ether oxygens (including phenoxy) is 1. The van der Waals surface area contributed by atoms with E-state index in [2.05, 4.69) is 57.9 Å². The molecule has 3 aromatic rings. The highest BCUT2D eigenvalue weighted by Gasteiger charge is 2.38. The van der Waals surface area contributed by atoms with E-state index in [0.29, 0.717) is 45.2 Å². The number of aromatic nitrogens is 3. The molecule has 0 radical (unpaired) electrons. The number of pyridine rings is 1. The molecule has 6 rings (SSSR count). The van der Waals surface area contributed by atoms with Crippen molar-refractivity contribution in [3.8, 4) is 12.1 Å². The molecule has 242 valence electrons. The maximum atomic E-state index is 12.8. The van der Waals surface area contributed by atoms with Crippen LogP contribution in [-0.4, -0.2) is 94.1 Å². The molecule has 1 aliphatic carbocycles. The van der Waals surface area contributed by atoms with Crippen molar-refractivity contribution in [2.75, 3.05) is 56.3 Å². The molecule has 3 aliphatic rings. The Hall–Kier alpha value is -3.95. The Kier molecular flexibility index (Phi) is 9.34. The molecule has 2 fully saturated rings. The monoisotopic (exact) mass is 644 g/mol. The van der Waals surface area contributed by atoms with Crippen molar-refractivity contribution >= 4 is 40.8 Å². The number of piperazine rings is 1. The number of nitriles is 1. The molecule has 0 unspecified atom stereocenters. The van der Waals surface area contributed by atoms with Crippen molar-refractivity contribution in [3.63, 3.8) is 0 Å². The summed E-state index contributed by atoms with van der Waals surface area (Å²) in [4.78, 5) is 35.2. The number of thiol groups is 1. The molecule has 0 spiro atoms. The number of hydrogen-bond acceptors (Lipinski definition) is 10. The Balaban J connectivity index is 1.33. The summed E-state index contributed by atoms with van der Waals surface area (Å²) in [7, 11) is 2.07. The van der Waals surface area contributed by atoms with Crippen LogP contribution in [0.3, 0.4) is 0 Å². The molecule has 2 aromatic heterocycles. The Morgan fingerprint density at radius 1 is 1.24 bits per heavy atom. The van der Waals surface area contributed by atoms with E-state index < -0.39 is 11.5 Å². The molecular weight excluding hydrogens is 603 g/mol. The van der Waals surface area contributed by atoms with Crippen molar-refractivity contribution in [3.05, 3.63) is 59.6 Å². The summed E-state index contributed by atoms with van der Waals surface area (Å²) in [6.45, 7) is 6.42. The SMILES string of the molecule is Cc1cccc2cncc(N3CCc4c(nc(OC[C@](C)(S)N(C)C5CC5)nc4N4CCN(C(=O)/C=C/CF)[C@@H](CC#N)C4)C3)c12. The summed E-state index contributed by atoms with van der Waals surface area (Å²) >= 11 is 4.93. The third-order valence-electron chi connectivity index (χ3n) is 9.41. The molecule has 46 heavy (non-hydrogen) atoms. The lowest BCUT2D eigenvalue weighted by atomic mass is 10.0. The quantitative estimate of drug-likeness (QED) is 0.195. The van der Waals surface area contributed by atoms with Gasteiger partial charge in [0.15, 0.2) is 0 Å². The molecule has 2 aliphatic heterocycles. The average Bonchev–Trinajstić information content (AvgIpc) is 3.91. The van der Waals surface area contributed by atoms with Gasteiger partial charge in [-0.05, 0) is 51.8 Å². The van der Waals surface area contributed by atoms with E-state index in [0.717, 1.165) is 47.5 Å². The van der Waals surface area contributed by atoms with Crippen molar-refractivity contribution in [2.45, 2.75) is 63.0 Å². The van der Waals surface area contributed by atoms with Gasteiger partial charge in [-0.1, -0.05) is 18.2 Å². The standard InChI is InChI=1S/C34H41FN8O2S/c1-23-6-4-7-24-18-37-19-29(31(23)24)41-15-12-27-28(21-41)38-33(45-22-34(2,46)40(3)25-9-10-25)39-32(27)42-16-17-43(26(20-42)11-14-36)30(44)8-5-13-35/h4-8,18-19,25-26,46H,9-13,15-17,20-22H2,1-3H3/b8-5+/t26-,34-/m0/s1. The smallest absolute Gasteiger partial charge is 0.318 e. The molecule has 1 saturated carbocycles. The molecule has 2 atom stereocenters. The first-order valence-corrected chi connectivity index (χ1v) is 16.4. The van der Waals surface area contributed by atoms with E-state index in [1.807, 2.05) is 19.3 Å². The van der Waals surface area contributed by atoms with Crippen LogP contribution in [0.15, 0.2) is 42.7 Å². The van der Waals surface area contributed by atoms with Crippen LogP contribution in [0.5, 0.6) is 6.01 Å². The molecular formula is C34H41FN8O2S. The number of carbonyl (C=O) groups excluding carboxylic acids is 1. The molecule has 1 saturated heterocycles. The second-order valence-electron chi connectivity index (χ2n) is 12.7. The van der Waals surface area contributed by atoms with Crippen molar-refractivity contribution in [2.24, 2.45) is 0 Å². The summed E-state index contributed by atoms with van der Waals surface area (Å²) in [6.07, 6.45) is 9.48. The van der Waals surface area contributed by atoms with Gasteiger partial charge in [0.25, 0.3) is 0 Å². The fourth-order valence-electron chi connectivity index (χ4n) is 6.58. The number of rotatable bonds is 10. The van der Waals surface area contributed by atoms with E-state index in [-0.39, 0.29) is 24.4 Å². The lowest BCUT2D eigenvalue weighted by Gasteiger charge is -2.42. The Morgan fingerprint density at radius 2 is 2.07 bits per heavy atom. The van der Waals surface area contributed by atoms with Gasteiger partial charge in [-0.25, -0.2) is 4.39 Å². The number of fused-ring (bicyclic) bond motifs is 2. The topological polar surface area (TPSA) is 102 Å². The van der Waals surface area contributed by atoms with Gasteiger partial charge in [-0.3, -0.25) is 14.7 Å². The predicted octanol–water partition coefficient (Wildman–Crippen LogP) is 4.47. The summed E-state index contributed by atoms with van der Waals surface area (Å²) < 4.78 is 19.1. The zero-order chi connectivity index (χ0) is 32.4. The van der Waals surface area contributed by atoms with Gasteiger partial charge >= 0.3 is 6.01 Å². The lowest BCUT2D eigenvalue weighted by Crippen LogP contribution is -2.55. The molecule has 0 bridgehead atoms. The number of benzene rings is 1. The van der Waals surface area contributed by atoms with E-state index >= 15 is 0 Å². The van der Waals surface area contributed by atoms with Gasteiger partial charge in [0.05, 0.1) is 47.5 Å². The number of aryl methyl sites for hydroxylation is 1. The summed E-state index contributed by atoms with van der Waals surface area (Å²) in [5.41, 5.74) is 4.19. The van der Waals surface area contributed by atoms with Crippen LogP contribution in [0.2, 0.25) is 0 Å². The van der Waals surface area contributed by atoms with Crippen LogP contribution in [0.1, 0.15) is 43.0 Å².